The van der Waals surface area contributed by atoms with Crippen LogP contribution in [0.25, 0.3) is 11.8 Å². The zero-order valence-electron chi connectivity index (χ0n) is 20.5. The molecule has 36 heavy (non-hydrogen) atoms. The van der Waals surface area contributed by atoms with Crippen molar-refractivity contribution < 1.29 is 19.1 Å². The van der Waals surface area contributed by atoms with Crippen molar-refractivity contribution in [3.63, 3.8) is 0 Å². The second-order valence-corrected chi connectivity index (χ2v) is 8.47. The number of benzene rings is 3. The van der Waals surface area contributed by atoms with Crippen LogP contribution in [0.5, 0.6) is 0 Å². The van der Waals surface area contributed by atoms with Gasteiger partial charge in [-0.25, -0.2) is 4.79 Å². The van der Waals surface area contributed by atoms with Crippen LogP contribution in [0.3, 0.4) is 0 Å². The highest BCUT2D eigenvalue weighted by atomic mass is 16.5. The molecule has 0 fully saturated rings. The van der Waals surface area contributed by atoms with E-state index in [1.807, 2.05) is 103 Å². The predicted molar refractivity (Wildman–Crippen MR) is 142 cm³/mol. The number of esters is 2. The van der Waals surface area contributed by atoms with Crippen LogP contribution in [0.15, 0.2) is 108 Å². The number of nitrogens with zero attached hydrogens (tertiary/aromatic N) is 1. The minimum atomic E-state index is -0.739. The number of aliphatic imine (C=N–C) groups is 1. The molecule has 5 nitrogen and oxygen atoms in total. The van der Waals surface area contributed by atoms with Gasteiger partial charge in [-0.15, -0.1) is 0 Å². The van der Waals surface area contributed by atoms with Crippen LogP contribution in [0.4, 0.5) is 0 Å². The molecule has 0 bridgehead atoms. The molecular formula is C31H29NO4. The Bertz CT molecular complexity index is 1280. The summed E-state index contributed by atoms with van der Waals surface area (Å²) >= 11 is 0. The fourth-order valence-corrected chi connectivity index (χ4v) is 4.28. The SMILES string of the molecule is CCOC(=O)C1C(C)=NC(c2ccccc2)=C(C(=O)OCc2ccccc2)C1/C=C/c1ccccc1. The molecule has 0 saturated carbocycles. The third-order valence-electron chi connectivity index (χ3n) is 6.00. The Morgan fingerprint density at radius 1 is 0.861 bits per heavy atom. The lowest BCUT2D eigenvalue weighted by Crippen LogP contribution is -2.37. The molecule has 3 aromatic carbocycles. The van der Waals surface area contributed by atoms with Crippen molar-refractivity contribution in [2.75, 3.05) is 6.61 Å². The largest absolute Gasteiger partial charge is 0.465 e. The third-order valence-corrected chi connectivity index (χ3v) is 6.00. The molecule has 1 aliphatic heterocycles. The van der Waals surface area contributed by atoms with E-state index in [0.29, 0.717) is 17.0 Å². The van der Waals surface area contributed by atoms with Crippen LogP contribution < -0.4 is 0 Å². The lowest BCUT2D eigenvalue weighted by Gasteiger charge is -2.30. The van der Waals surface area contributed by atoms with E-state index in [-0.39, 0.29) is 13.2 Å². The summed E-state index contributed by atoms with van der Waals surface area (Å²) in [6.07, 6.45) is 3.81. The lowest BCUT2D eigenvalue weighted by atomic mass is 9.78. The summed E-state index contributed by atoms with van der Waals surface area (Å²) in [7, 11) is 0. The maximum atomic E-state index is 13.7. The van der Waals surface area contributed by atoms with Crippen molar-refractivity contribution in [3.8, 4) is 0 Å². The summed E-state index contributed by atoms with van der Waals surface area (Å²) in [5.41, 5.74) is 4.06. The number of rotatable bonds is 8. The molecule has 0 aromatic heterocycles. The first-order valence-electron chi connectivity index (χ1n) is 12.0. The van der Waals surface area contributed by atoms with Crippen LogP contribution in [-0.2, 0) is 25.7 Å². The maximum absolute atomic E-state index is 13.7. The molecule has 0 aliphatic carbocycles. The number of carbonyl (C=O) groups is 2. The van der Waals surface area contributed by atoms with Gasteiger partial charge in [0.05, 0.1) is 17.9 Å². The van der Waals surface area contributed by atoms with E-state index in [9.17, 15) is 9.59 Å². The molecule has 3 aromatic rings. The average Bonchev–Trinajstić information content (AvgIpc) is 2.92. The van der Waals surface area contributed by atoms with Gasteiger partial charge in [0.2, 0.25) is 0 Å². The van der Waals surface area contributed by atoms with Gasteiger partial charge < -0.3 is 9.47 Å². The van der Waals surface area contributed by atoms with Crippen LogP contribution in [0, 0.1) is 11.8 Å². The number of hydrogen-bond acceptors (Lipinski definition) is 5. The van der Waals surface area contributed by atoms with E-state index in [2.05, 4.69) is 0 Å². The highest BCUT2D eigenvalue weighted by Gasteiger charge is 2.41. The Morgan fingerprint density at radius 3 is 2.11 bits per heavy atom. The second kappa shape index (κ2) is 11.9. The fraction of sp³-hybridized carbons (Fsp3) is 0.194. The first-order chi connectivity index (χ1) is 17.6. The quantitative estimate of drug-likeness (QED) is 0.365. The predicted octanol–water partition coefficient (Wildman–Crippen LogP) is 6.12. The first kappa shape index (κ1) is 24.9. The Kier molecular flexibility index (Phi) is 8.24. The van der Waals surface area contributed by atoms with Crippen molar-refractivity contribution in [1.82, 2.24) is 0 Å². The summed E-state index contributed by atoms with van der Waals surface area (Å²) in [5.74, 6) is -2.27. The molecule has 4 rings (SSSR count). The van der Waals surface area contributed by atoms with Crippen molar-refractivity contribution in [2.24, 2.45) is 16.8 Å². The molecule has 182 valence electrons. The minimum Gasteiger partial charge on any atom is -0.465 e. The van der Waals surface area contributed by atoms with Gasteiger partial charge >= 0.3 is 11.9 Å². The Hall–Kier alpha value is -4.25. The van der Waals surface area contributed by atoms with Gasteiger partial charge in [-0.3, -0.25) is 9.79 Å². The molecule has 0 radical (unpaired) electrons. The molecule has 2 unspecified atom stereocenters. The second-order valence-electron chi connectivity index (χ2n) is 8.47. The number of hydrogen-bond donors (Lipinski definition) is 0. The summed E-state index contributed by atoms with van der Waals surface area (Å²) in [6, 6.07) is 28.8. The van der Waals surface area contributed by atoms with E-state index in [4.69, 9.17) is 14.5 Å². The minimum absolute atomic E-state index is 0.118. The van der Waals surface area contributed by atoms with Crippen molar-refractivity contribution in [3.05, 3.63) is 119 Å². The summed E-state index contributed by atoms with van der Waals surface area (Å²) in [6.45, 7) is 3.93. The molecular weight excluding hydrogens is 450 g/mol. The highest BCUT2D eigenvalue weighted by Crippen LogP contribution is 2.38. The number of carbonyl (C=O) groups excluding carboxylic acids is 2. The standard InChI is InChI=1S/C31H29NO4/c1-3-35-30(33)27-22(2)32-29(25-17-11-6-12-18-25)28(26(27)20-19-23-13-7-4-8-14-23)31(34)36-21-24-15-9-5-10-16-24/h4-20,26-27H,3,21H2,1-2H3/b20-19+. The highest BCUT2D eigenvalue weighted by molar-refractivity contribution is 6.11. The monoisotopic (exact) mass is 479 g/mol. The van der Waals surface area contributed by atoms with Crippen LogP contribution in [0.2, 0.25) is 0 Å². The normalized spacial score (nSPS) is 17.6. The summed E-state index contributed by atoms with van der Waals surface area (Å²) in [5, 5.41) is 0. The zero-order chi connectivity index (χ0) is 25.3. The number of ether oxygens (including phenoxy) is 2. The first-order valence-corrected chi connectivity index (χ1v) is 12.0. The molecule has 1 aliphatic rings. The van der Waals surface area contributed by atoms with E-state index in [1.54, 1.807) is 13.8 Å². The van der Waals surface area contributed by atoms with Gasteiger partial charge in [-0.2, -0.15) is 0 Å². The topological polar surface area (TPSA) is 65.0 Å². The van der Waals surface area contributed by atoms with Crippen LogP contribution in [-0.4, -0.2) is 24.3 Å². The van der Waals surface area contributed by atoms with Gasteiger partial charge in [0.25, 0.3) is 0 Å². The summed E-state index contributed by atoms with van der Waals surface area (Å²) < 4.78 is 11.2. The van der Waals surface area contributed by atoms with E-state index < -0.39 is 23.8 Å². The van der Waals surface area contributed by atoms with Gasteiger partial charge in [0.15, 0.2) is 0 Å². The van der Waals surface area contributed by atoms with Gasteiger partial charge in [-0.1, -0.05) is 103 Å². The molecule has 2 atom stereocenters. The fourth-order valence-electron chi connectivity index (χ4n) is 4.28. The maximum Gasteiger partial charge on any atom is 0.337 e. The Balaban J connectivity index is 1.81. The lowest BCUT2D eigenvalue weighted by molar-refractivity contribution is -0.146. The Morgan fingerprint density at radius 2 is 1.47 bits per heavy atom. The molecule has 0 saturated heterocycles. The van der Waals surface area contributed by atoms with Crippen molar-refractivity contribution in [1.29, 1.82) is 0 Å². The molecule has 0 spiro atoms. The van der Waals surface area contributed by atoms with Crippen molar-refractivity contribution in [2.45, 2.75) is 20.5 Å². The van der Waals surface area contributed by atoms with Crippen LogP contribution >= 0.6 is 0 Å². The summed E-state index contributed by atoms with van der Waals surface area (Å²) in [4.78, 5) is 31.5. The molecule has 0 N–H and O–H groups in total. The molecule has 5 heteroatoms. The van der Waals surface area contributed by atoms with Gasteiger partial charge in [0.1, 0.15) is 12.5 Å². The van der Waals surface area contributed by atoms with E-state index in [0.717, 1.165) is 16.7 Å². The van der Waals surface area contributed by atoms with Crippen molar-refractivity contribution >= 4 is 29.4 Å². The van der Waals surface area contributed by atoms with E-state index in [1.165, 1.54) is 0 Å². The van der Waals surface area contributed by atoms with Gasteiger partial charge in [0, 0.05) is 17.2 Å². The number of allylic oxidation sites excluding steroid dienone is 1. The molecule has 1 heterocycles. The molecule has 0 amide bonds. The Labute approximate surface area is 211 Å². The zero-order valence-corrected chi connectivity index (χ0v) is 20.5. The van der Waals surface area contributed by atoms with Gasteiger partial charge in [-0.05, 0) is 25.0 Å². The third kappa shape index (κ3) is 5.87. The smallest absolute Gasteiger partial charge is 0.337 e. The van der Waals surface area contributed by atoms with E-state index >= 15 is 0 Å². The average molecular weight is 480 g/mol. The van der Waals surface area contributed by atoms with Crippen LogP contribution in [0.1, 0.15) is 30.5 Å².